The molecule has 1 aromatic rings. The number of rotatable bonds is 3. The standard InChI is InChI=1S/C19H31N3/c1-15-4-3-5-18(13-15)22-10-8-21(9-11-22)14-17-12-16(2)6-7-19(17)20/h3-5,13,16-17,19H,6-12,14,20H2,1-2H3. The van der Waals surface area contributed by atoms with Crippen LogP contribution in [0.3, 0.4) is 0 Å². The minimum Gasteiger partial charge on any atom is -0.369 e. The van der Waals surface area contributed by atoms with Crippen LogP contribution in [0.15, 0.2) is 24.3 Å². The second-order valence-electron chi connectivity index (χ2n) is 7.47. The van der Waals surface area contributed by atoms with Crippen molar-refractivity contribution < 1.29 is 0 Å². The quantitative estimate of drug-likeness (QED) is 0.932. The van der Waals surface area contributed by atoms with Gasteiger partial charge in [-0.1, -0.05) is 19.1 Å². The van der Waals surface area contributed by atoms with Crippen molar-refractivity contribution in [3.63, 3.8) is 0 Å². The lowest BCUT2D eigenvalue weighted by atomic mass is 9.79. The number of hydrogen-bond donors (Lipinski definition) is 1. The van der Waals surface area contributed by atoms with Crippen LogP contribution in [0.5, 0.6) is 0 Å². The summed E-state index contributed by atoms with van der Waals surface area (Å²) in [5.41, 5.74) is 9.08. The topological polar surface area (TPSA) is 32.5 Å². The molecule has 1 saturated carbocycles. The van der Waals surface area contributed by atoms with Gasteiger partial charge in [-0.25, -0.2) is 0 Å². The molecule has 0 spiro atoms. The molecule has 0 radical (unpaired) electrons. The zero-order valence-electron chi connectivity index (χ0n) is 14.2. The predicted molar refractivity (Wildman–Crippen MR) is 94.3 cm³/mol. The number of benzene rings is 1. The molecule has 1 aliphatic carbocycles. The molecule has 0 bridgehead atoms. The summed E-state index contributed by atoms with van der Waals surface area (Å²) in [6, 6.07) is 9.30. The Kier molecular flexibility index (Phi) is 5.04. The first-order chi connectivity index (χ1) is 10.6. The van der Waals surface area contributed by atoms with Gasteiger partial charge in [-0.15, -0.1) is 0 Å². The SMILES string of the molecule is Cc1cccc(N2CCN(CC3CC(C)CCC3N)CC2)c1. The van der Waals surface area contributed by atoms with E-state index in [1.165, 1.54) is 50.1 Å². The molecular weight excluding hydrogens is 270 g/mol. The molecular formula is C19H31N3. The third-order valence-electron chi connectivity index (χ3n) is 5.54. The summed E-state index contributed by atoms with van der Waals surface area (Å²) in [6.07, 6.45) is 3.85. The molecule has 2 fully saturated rings. The van der Waals surface area contributed by atoms with Gasteiger partial charge in [0.1, 0.15) is 0 Å². The van der Waals surface area contributed by atoms with E-state index in [4.69, 9.17) is 5.73 Å². The van der Waals surface area contributed by atoms with E-state index in [-0.39, 0.29) is 0 Å². The first-order valence-electron chi connectivity index (χ1n) is 8.91. The van der Waals surface area contributed by atoms with Crippen molar-refractivity contribution in [1.29, 1.82) is 0 Å². The van der Waals surface area contributed by atoms with Gasteiger partial charge >= 0.3 is 0 Å². The second kappa shape index (κ2) is 7.01. The Morgan fingerprint density at radius 3 is 2.64 bits per heavy atom. The maximum absolute atomic E-state index is 6.36. The van der Waals surface area contributed by atoms with E-state index in [0.29, 0.717) is 12.0 Å². The fourth-order valence-corrected chi connectivity index (χ4v) is 4.08. The molecule has 2 aliphatic rings. The maximum Gasteiger partial charge on any atom is 0.0369 e. The van der Waals surface area contributed by atoms with Crippen LogP contribution in [-0.2, 0) is 0 Å². The molecule has 3 heteroatoms. The molecule has 3 rings (SSSR count). The minimum atomic E-state index is 0.422. The van der Waals surface area contributed by atoms with Gasteiger partial charge in [-0.05, 0) is 55.7 Å². The zero-order chi connectivity index (χ0) is 15.5. The lowest BCUT2D eigenvalue weighted by Crippen LogP contribution is -2.50. The van der Waals surface area contributed by atoms with E-state index in [0.717, 1.165) is 19.0 Å². The largest absolute Gasteiger partial charge is 0.369 e. The Morgan fingerprint density at radius 1 is 1.14 bits per heavy atom. The average Bonchev–Trinajstić information content (AvgIpc) is 2.52. The number of hydrogen-bond acceptors (Lipinski definition) is 3. The maximum atomic E-state index is 6.36. The van der Waals surface area contributed by atoms with Gasteiger partial charge in [-0.2, -0.15) is 0 Å². The molecule has 1 saturated heterocycles. The molecule has 3 atom stereocenters. The average molecular weight is 301 g/mol. The lowest BCUT2D eigenvalue weighted by Gasteiger charge is -2.40. The monoisotopic (exact) mass is 301 g/mol. The highest BCUT2D eigenvalue weighted by atomic mass is 15.3. The smallest absolute Gasteiger partial charge is 0.0369 e. The van der Waals surface area contributed by atoms with E-state index in [1.54, 1.807) is 0 Å². The third kappa shape index (κ3) is 3.82. The van der Waals surface area contributed by atoms with E-state index in [9.17, 15) is 0 Å². The Bertz CT molecular complexity index is 479. The van der Waals surface area contributed by atoms with Gasteiger partial charge in [-0.3, -0.25) is 4.90 Å². The molecule has 1 aromatic carbocycles. The summed E-state index contributed by atoms with van der Waals surface area (Å²) in [7, 11) is 0. The Hall–Kier alpha value is -1.06. The highest BCUT2D eigenvalue weighted by Crippen LogP contribution is 2.29. The highest BCUT2D eigenvalue weighted by molar-refractivity contribution is 5.48. The summed E-state index contributed by atoms with van der Waals surface area (Å²) < 4.78 is 0. The minimum absolute atomic E-state index is 0.422. The summed E-state index contributed by atoms with van der Waals surface area (Å²) in [5.74, 6) is 1.56. The molecule has 1 heterocycles. The fourth-order valence-electron chi connectivity index (χ4n) is 4.08. The van der Waals surface area contributed by atoms with Crippen molar-refractivity contribution in [2.24, 2.45) is 17.6 Å². The van der Waals surface area contributed by atoms with E-state index in [1.807, 2.05) is 0 Å². The molecule has 1 aliphatic heterocycles. The molecule has 122 valence electrons. The van der Waals surface area contributed by atoms with Crippen molar-refractivity contribution in [3.05, 3.63) is 29.8 Å². The highest BCUT2D eigenvalue weighted by Gasteiger charge is 2.28. The summed E-state index contributed by atoms with van der Waals surface area (Å²) >= 11 is 0. The lowest BCUT2D eigenvalue weighted by molar-refractivity contribution is 0.156. The number of aryl methyl sites for hydroxylation is 1. The molecule has 3 unspecified atom stereocenters. The molecule has 0 aromatic heterocycles. The van der Waals surface area contributed by atoms with E-state index in [2.05, 4.69) is 47.9 Å². The summed E-state index contributed by atoms with van der Waals surface area (Å²) in [6.45, 7) is 10.4. The Balaban J connectivity index is 1.51. The second-order valence-corrected chi connectivity index (χ2v) is 7.47. The van der Waals surface area contributed by atoms with Crippen molar-refractivity contribution in [2.45, 2.75) is 39.2 Å². The van der Waals surface area contributed by atoms with Crippen molar-refractivity contribution in [2.75, 3.05) is 37.6 Å². The van der Waals surface area contributed by atoms with Crippen molar-refractivity contribution >= 4 is 5.69 Å². The number of nitrogens with two attached hydrogens (primary N) is 1. The number of anilines is 1. The van der Waals surface area contributed by atoms with Crippen LogP contribution in [0.4, 0.5) is 5.69 Å². The first-order valence-corrected chi connectivity index (χ1v) is 8.91. The Labute approximate surface area is 135 Å². The number of nitrogens with zero attached hydrogens (tertiary/aromatic N) is 2. The molecule has 0 amide bonds. The number of piperazine rings is 1. The van der Waals surface area contributed by atoms with Crippen LogP contribution in [0.2, 0.25) is 0 Å². The van der Waals surface area contributed by atoms with Crippen LogP contribution in [0.25, 0.3) is 0 Å². The van der Waals surface area contributed by atoms with Crippen molar-refractivity contribution in [1.82, 2.24) is 4.90 Å². The predicted octanol–water partition coefficient (Wildman–Crippen LogP) is 2.88. The van der Waals surface area contributed by atoms with Crippen LogP contribution in [0, 0.1) is 18.8 Å². The van der Waals surface area contributed by atoms with Crippen LogP contribution in [0.1, 0.15) is 31.7 Å². The van der Waals surface area contributed by atoms with Gasteiger partial charge in [0.25, 0.3) is 0 Å². The van der Waals surface area contributed by atoms with Gasteiger partial charge in [0.2, 0.25) is 0 Å². The van der Waals surface area contributed by atoms with Crippen LogP contribution < -0.4 is 10.6 Å². The van der Waals surface area contributed by atoms with Crippen LogP contribution >= 0.6 is 0 Å². The van der Waals surface area contributed by atoms with Crippen LogP contribution in [-0.4, -0.2) is 43.7 Å². The Morgan fingerprint density at radius 2 is 1.91 bits per heavy atom. The zero-order valence-corrected chi connectivity index (χ0v) is 14.2. The van der Waals surface area contributed by atoms with Gasteiger partial charge in [0.15, 0.2) is 0 Å². The van der Waals surface area contributed by atoms with Gasteiger partial charge < -0.3 is 10.6 Å². The third-order valence-corrected chi connectivity index (χ3v) is 5.54. The fraction of sp³-hybridized carbons (Fsp3) is 0.684. The van der Waals surface area contributed by atoms with Gasteiger partial charge in [0.05, 0.1) is 0 Å². The van der Waals surface area contributed by atoms with Crippen molar-refractivity contribution in [3.8, 4) is 0 Å². The molecule has 3 nitrogen and oxygen atoms in total. The molecule has 22 heavy (non-hydrogen) atoms. The van der Waals surface area contributed by atoms with E-state index < -0.39 is 0 Å². The summed E-state index contributed by atoms with van der Waals surface area (Å²) in [5, 5.41) is 0. The van der Waals surface area contributed by atoms with E-state index >= 15 is 0 Å². The normalized spacial score (nSPS) is 30.5. The van der Waals surface area contributed by atoms with Gasteiger partial charge in [0, 0.05) is 44.5 Å². The summed E-state index contributed by atoms with van der Waals surface area (Å²) in [4.78, 5) is 5.15. The molecule has 2 N–H and O–H groups in total. The first kappa shape index (κ1) is 15.8.